The van der Waals surface area contributed by atoms with Gasteiger partial charge in [-0.15, -0.1) is 0 Å². The van der Waals surface area contributed by atoms with E-state index in [1.54, 1.807) is 0 Å². The summed E-state index contributed by atoms with van der Waals surface area (Å²) in [5, 5.41) is 0. The number of allylic oxidation sites excluding steroid dienone is 2. The molecule has 7 atom stereocenters. The lowest BCUT2D eigenvalue weighted by Crippen LogP contribution is -2.40. The van der Waals surface area contributed by atoms with Crippen LogP contribution in [0.3, 0.4) is 0 Å². The zero-order chi connectivity index (χ0) is 15.3. The summed E-state index contributed by atoms with van der Waals surface area (Å²) in [5.74, 6) is 1.29. The van der Waals surface area contributed by atoms with Crippen LogP contribution in [0.1, 0.15) is 26.2 Å². The number of rotatable bonds is 5. The van der Waals surface area contributed by atoms with Crippen LogP contribution in [-0.2, 0) is 23.8 Å². The Morgan fingerprint density at radius 1 is 1.14 bits per heavy atom. The van der Waals surface area contributed by atoms with E-state index in [1.165, 1.54) is 6.42 Å². The van der Waals surface area contributed by atoms with Gasteiger partial charge >= 0.3 is 11.9 Å². The smallest absolute Gasteiger partial charge is 0.344 e. The highest BCUT2D eigenvalue weighted by atomic mass is 16.6. The minimum absolute atomic E-state index is 0.0193. The molecule has 4 bridgehead atoms. The maximum Gasteiger partial charge on any atom is 0.344 e. The first-order valence-corrected chi connectivity index (χ1v) is 8.35. The number of carbonyl (C=O) groups excluding carboxylic acids is 2. The highest BCUT2D eigenvalue weighted by Crippen LogP contribution is 2.61. The van der Waals surface area contributed by atoms with Gasteiger partial charge < -0.3 is 14.2 Å². The van der Waals surface area contributed by atoms with Gasteiger partial charge in [-0.1, -0.05) is 19.1 Å². The zero-order valence-corrected chi connectivity index (χ0v) is 12.8. The van der Waals surface area contributed by atoms with Crippen molar-refractivity contribution in [2.45, 2.75) is 38.4 Å². The van der Waals surface area contributed by atoms with E-state index in [9.17, 15) is 9.59 Å². The predicted molar refractivity (Wildman–Crippen MR) is 76.7 cm³/mol. The molecule has 1 saturated carbocycles. The van der Waals surface area contributed by atoms with E-state index >= 15 is 0 Å². The van der Waals surface area contributed by atoms with Crippen molar-refractivity contribution >= 4 is 11.9 Å². The van der Waals surface area contributed by atoms with Crippen molar-refractivity contribution in [3.63, 3.8) is 0 Å². The number of fused-ring (bicyclic) bond motifs is 9. The standard InChI is InChI=1S/C17H22O5/c1-2-5-20-13(18)8-21-17(19)11-7-12-14-9-3-4-10(6-9)15(14)16(11)22-12/h3-4,9-12,14-16H,2,5-8H2,1H3. The van der Waals surface area contributed by atoms with Gasteiger partial charge in [-0.3, -0.25) is 4.79 Å². The monoisotopic (exact) mass is 306 g/mol. The van der Waals surface area contributed by atoms with Crippen LogP contribution in [0, 0.1) is 29.6 Å². The molecule has 0 N–H and O–H groups in total. The van der Waals surface area contributed by atoms with Crippen LogP contribution in [0.4, 0.5) is 0 Å². The van der Waals surface area contributed by atoms with E-state index < -0.39 is 5.97 Å². The van der Waals surface area contributed by atoms with Crippen LogP contribution >= 0.6 is 0 Å². The van der Waals surface area contributed by atoms with Crippen molar-refractivity contribution in [1.29, 1.82) is 0 Å². The van der Waals surface area contributed by atoms with Gasteiger partial charge in [0.1, 0.15) is 0 Å². The zero-order valence-electron chi connectivity index (χ0n) is 12.8. The Morgan fingerprint density at radius 3 is 2.68 bits per heavy atom. The van der Waals surface area contributed by atoms with Gasteiger partial charge in [0.05, 0.1) is 24.7 Å². The summed E-state index contributed by atoms with van der Waals surface area (Å²) in [4.78, 5) is 23.7. The van der Waals surface area contributed by atoms with Crippen LogP contribution in [0.25, 0.3) is 0 Å². The van der Waals surface area contributed by atoms with Gasteiger partial charge in [-0.25, -0.2) is 4.79 Å². The highest BCUT2D eigenvalue weighted by molar-refractivity contribution is 5.78. The third kappa shape index (κ3) is 2.09. The first-order valence-electron chi connectivity index (χ1n) is 8.35. The molecule has 0 aromatic carbocycles. The number of esters is 2. The summed E-state index contributed by atoms with van der Waals surface area (Å²) in [6.07, 6.45) is 7.52. The molecule has 0 amide bonds. The van der Waals surface area contributed by atoms with Crippen molar-refractivity contribution in [2.24, 2.45) is 29.6 Å². The summed E-state index contributed by atoms with van der Waals surface area (Å²) in [5.41, 5.74) is 0. The lowest BCUT2D eigenvalue weighted by Gasteiger charge is -2.32. The molecule has 120 valence electrons. The molecule has 5 heteroatoms. The first kappa shape index (κ1) is 14.2. The van der Waals surface area contributed by atoms with Crippen LogP contribution in [0.2, 0.25) is 0 Å². The highest BCUT2D eigenvalue weighted by Gasteiger charge is 2.64. The second-order valence-electron chi connectivity index (χ2n) is 6.91. The molecule has 2 heterocycles. The van der Waals surface area contributed by atoms with E-state index in [1.807, 2.05) is 6.92 Å². The van der Waals surface area contributed by atoms with Gasteiger partial charge in [-0.05, 0) is 42.9 Å². The molecule has 0 aromatic heterocycles. The largest absolute Gasteiger partial charge is 0.463 e. The Morgan fingerprint density at radius 2 is 1.91 bits per heavy atom. The van der Waals surface area contributed by atoms with E-state index in [2.05, 4.69) is 12.2 Å². The Bertz CT molecular complexity index is 513. The summed E-state index contributed by atoms with van der Waals surface area (Å²) in [6.45, 7) is 2.01. The van der Waals surface area contributed by atoms with Gasteiger partial charge in [0.2, 0.25) is 0 Å². The molecule has 22 heavy (non-hydrogen) atoms. The van der Waals surface area contributed by atoms with Crippen LogP contribution < -0.4 is 0 Å². The quantitative estimate of drug-likeness (QED) is 0.571. The maximum atomic E-state index is 12.3. The van der Waals surface area contributed by atoms with Gasteiger partial charge in [0, 0.05) is 0 Å². The van der Waals surface area contributed by atoms with E-state index in [0.29, 0.717) is 30.3 Å². The third-order valence-corrected chi connectivity index (χ3v) is 5.71. The summed E-state index contributed by atoms with van der Waals surface area (Å²) < 4.78 is 16.1. The molecule has 4 aliphatic rings. The van der Waals surface area contributed by atoms with Crippen molar-refractivity contribution in [1.82, 2.24) is 0 Å². The molecule has 2 aliphatic heterocycles. The van der Waals surface area contributed by atoms with Gasteiger partial charge in [-0.2, -0.15) is 0 Å². The SMILES string of the molecule is CCCOC(=O)COC(=O)C1CC2OC1C1C3C=CC(C3)C21. The fourth-order valence-electron chi connectivity index (χ4n) is 4.95. The average Bonchev–Trinajstić information content (AvgIpc) is 3.27. The molecule has 0 spiro atoms. The summed E-state index contributed by atoms with van der Waals surface area (Å²) in [6, 6.07) is 0. The number of hydrogen-bond acceptors (Lipinski definition) is 5. The first-order chi connectivity index (χ1) is 10.7. The van der Waals surface area contributed by atoms with Crippen LogP contribution in [-0.4, -0.2) is 37.4 Å². The number of ether oxygens (including phenoxy) is 3. The predicted octanol–water partition coefficient (Wildman–Crippen LogP) is 1.71. The fraction of sp³-hybridized carbons (Fsp3) is 0.765. The molecule has 4 rings (SSSR count). The Labute approximate surface area is 130 Å². The number of carbonyl (C=O) groups is 2. The number of hydrogen-bond donors (Lipinski definition) is 0. The van der Waals surface area contributed by atoms with Crippen molar-refractivity contribution in [3.05, 3.63) is 12.2 Å². The molecule has 3 fully saturated rings. The van der Waals surface area contributed by atoms with Gasteiger partial charge in [0.25, 0.3) is 0 Å². The molecule has 2 saturated heterocycles. The molecular formula is C17H22O5. The minimum atomic E-state index is -0.472. The summed E-state index contributed by atoms with van der Waals surface area (Å²) in [7, 11) is 0. The second-order valence-corrected chi connectivity index (χ2v) is 6.91. The molecule has 5 nitrogen and oxygen atoms in total. The lowest BCUT2D eigenvalue weighted by molar-refractivity contribution is -0.163. The minimum Gasteiger partial charge on any atom is -0.463 e. The van der Waals surface area contributed by atoms with Gasteiger partial charge in [0.15, 0.2) is 6.61 Å². The van der Waals surface area contributed by atoms with Crippen LogP contribution in [0.5, 0.6) is 0 Å². The van der Waals surface area contributed by atoms with Crippen molar-refractivity contribution in [2.75, 3.05) is 13.2 Å². The fourth-order valence-corrected chi connectivity index (χ4v) is 4.95. The molecule has 0 radical (unpaired) electrons. The van der Waals surface area contributed by atoms with Crippen LogP contribution in [0.15, 0.2) is 12.2 Å². The Balaban J connectivity index is 1.34. The van der Waals surface area contributed by atoms with E-state index in [0.717, 1.165) is 12.8 Å². The Hall–Kier alpha value is -1.36. The average molecular weight is 306 g/mol. The van der Waals surface area contributed by atoms with Crippen molar-refractivity contribution in [3.8, 4) is 0 Å². The topological polar surface area (TPSA) is 61.8 Å². The molecule has 7 unspecified atom stereocenters. The molecular weight excluding hydrogens is 284 g/mol. The molecule has 2 aliphatic carbocycles. The van der Waals surface area contributed by atoms with E-state index in [4.69, 9.17) is 14.2 Å². The second kappa shape index (κ2) is 5.37. The third-order valence-electron chi connectivity index (χ3n) is 5.71. The summed E-state index contributed by atoms with van der Waals surface area (Å²) >= 11 is 0. The molecule has 0 aromatic rings. The normalized spacial score (nSPS) is 43.4. The maximum absolute atomic E-state index is 12.3. The lowest BCUT2D eigenvalue weighted by atomic mass is 9.69. The van der Waals surface area contributed by atoms with Crippen molar-refractivity contribution < 1.29 is 23.8 Å². The Kier molecular flexibility index (Phi) is 3.48. The van der Waals surface area contributed by atoms with E-state index in [-0.39, 0.29) is 30.7 Å².